The molecule has 0 saturated carbocycles. The molecule has 0 spiro atoms. The van der Waals surface area contributed by atoms with E-state index >= 15 is 0 Å². The number of rotatable bonds is 1. The summed E-state index contributed by atoms with van der Waals surface area (Å²) in [5, 5.41) is 0. The number of fused-ring (bicyclic) bond motifs is 2. The number of carbonyl (C=O) groups is 2. The maximum Gasteiger partial charge on any atom is 0.220 e. The standard InChI is InChI=1S/C22H24N2O2/c1-15(25)23-13-11-17-7-3-5-9-19(17)21(23)22-20-10-6-4-8-18(20)12-14-24(22)16(2)26/h3-10,21-22H,11-14H2,1-2H3/t21-,22-/m1/s1. The molecule has 0 N–H and O–H groups in total. The van der Waals surface area contributed by atoms with Gasteiger partial charge in [-0.15, -0.1) is 0 Å². The number of carbonyl (C=O) groups excluding carboxylic acids is 2. The fraction of sp³-hybridized carbons (Fsp3) is 0.364. The molecule has 0 aromatic heterocycles. The third-order valence-corrected chi connectivity index (χ3v) is 5.77. The summed E-state index contributed by atoms with van der Waals surface area (Å²) >= 11 is 0. The van der Waals surface area contributed by atoms with Crippen molar-refractivity contribution in [3.63, 3.8) is 0 Å². The van der Waals surface area contributed by atoms with E-state index in [4.69, 9.17) is 0 Å². The molecule has 4 nitrogen and oxygen atoms in total. The first-order chi connectivity index (χ1) is 12.6. The molecule has 0 fully saturated rings. The molecule has 2 aliphatic heterocycles. The second kappa shape index (κ2) is 6.60. The van der Waals surface area contributed by atoms with E-state index in [1.165, 1.54) is 22.3 Å². The Bertz CT molecular complexity index is 789. The zero-order chi connectivity index (χ0) is 18.3. The van der Waals surface area contributed by atoms with Gasteiger partial charge in [0.25, 0.3) is 0 Å². The van der Waals surface area contributed by atoms with Crippen molar-refractivity contribution in [3.8, 4) is 0 Å². The van der Waals surface area contributed by atoms with Gasteiger partial charge in [0.1, 0.15) is 0 Å². The van der Waals surface area contributed by atoms with Crippen LogP contribution in [0.2, 0.25) is 0 Å². The Hall–Kier alpha value is -2.62. The van der Waals surface area contributed by atoms with Crippen LogP contribution >= 0.6 is 0 Å². The largest absolute Gasteiger partial charge is 0.333 e. The Labute approximate surface area is 154 Å². The van der Waals surface area contributed by atoms with Crippen LogP contribution in [0.3, 0.4) is 0 Å². The van der Waals surface area contributed by atoms with Gasteiger partial charge in [0.15, 0.2) is 0 Å². The predicted octanol–water partition coefficient (Wildman–Crippen LogP) is 3.28. The van der Waals surface area contributed by atoms with Crippen molar-refractivity contribution < 1.29 is 9.59 Å². The lowest BCUT2D eigenvalue weighted by atomic mass is 9.81. The van der Waals surface area contributed by atoms with Crippen molar-refractivity contribution >= 4 is 11.8 Å². The Morgan fingerprint density at radius 1 is 0.731 bits per heavy atom. The second-order valence-electron chi connectivity index (χ2n) is 7.21. The quantitative estimate of drug-likeness (QED) is 0.793. The smallest absolute Gasteiger partial charge is 0.220 e. The number of hydrogen-bond donors (Lipinski definition) is 0. The lowest BCUT2D eigenvalue weighted by Gasteiger charge is -2.47. The van der Waals surface area contributed by atoms with E-state index in [0.717, 1.165) is 12.8 Å². The number of benzene rings is 2. The number of nitrogens with zero attached hydrogens (tertiary/aromatic N) is 2. The van der Waals surface area contributed by atoms with Crippen molar-refractivity contribution in [3.05, 3.63) is 70.8 Å². The van der Waals surface area contributed by atoms with E-state index < -0.39 is 0 Å². The van der Waals surface area contributed by atoms with Crippen LogP contribution in [0.1, 0.15) is 48.2 Å². The van der Waals surface area contributed by atoms with Crippen LogP contribution in [-0.4, -0.2) is 34.7 Å². The molecule has 4 rings (SSSR count). The molecule has 2 aromatic carbocycles. The van der Waals surface area contributed by atoms with Crippen LogP contribution in [0.4, 0.5) is 0 Å². The third-order valence-electron chi connectivity index (χ3n) is 5.77. The topological polar surface area (TPSA) is 40.6 Å². The minimum atomic E-state index is -0.136. The van der Waals surface area contributed by atoms with Crippen LogP contribution in [0.25, 0.3) is 0 Å². The van der Waals surface area contributed by atoms with E-state index in [1.807, 2.05) is 21.9 Å². The highest BCUT2D eigenvalue weighted by molar-refractivity contribution is 5.76. The Kier molecular flexibility index (Phi) is 4.27. The van der Waals surface area contributed by atoms with E-state index in [1.54, 1.807) is 13.8 Å². The highest BCUT2D eigenvalue weighted by Crippen LogP contribution is 2.45. The monoisotopic (exact) mass is 348 g/mol. The van der Waals surface area contributed by atoms with Crippen molar-refractivity contribution in [1.29, 1.82) is 0 Å². The second-order valence-corrected chi connectivity index (χ2v) is 7.21. The summed E-state index contributed by atoms with van der Waals surface area (Å²) in [4.78, 5) is 28.8. The summed E-state index contributed by atoms with van der Waals surface area (Å²) in [6.07, 6.45) is 1.72. The van der Waals surface area contributed by atoms with Gasteiger partial charge < -0.3 is 9.80 Å². The summed E-state index contributed by atoms with van der Waals surface area (Å²) < 4.78 is 0. The summed E-state index contributed by atoms with van der Waals surface area (Å²) in [7, 11) is 0. The molecule has 0 radical (unpaired) electrons. The molecular weight excluding hydrogens is 324 g/mol. The minimum absolute atomic E-state index is 0.0658. The fourth-order valence-electron chi connectivity index (χ4n) is 4.58. The van der Waals surface area contributed by atoms with E-state index in [9.17, 15) is 9.59 Å². The van der Waals surface area contributed by atoms with Crippen LogP contribution in [0.5, 0.6) is 0 Å². The van der Waals surface area contributed by atoms with Crippen LogP contribution in [0, 0.1) is 0 Å². The first kappa shape index (κ1) is 16.8. The van der Waals surface area contributed by atoms with Gasteiger partial charge in [-0.05, 0) is 35.1 Å². The molecule has 0 bridgehead atoms. The van der Waals surface area contributed by atoms with Gasteiger partial charge in [0.2, 0.25) is 11.8 Å². The third kappa shape index (κ3) is 2.70. The normalized spacial score (nSPS) is 21.8. The van der Waals surface area contributed by atoms with Crippen molar-refractivity contribution in [1.82, 2.24) is 9.80 Å². The molecule has 0 saturated heterocycles. The SMILES string of the molecule is CC(=O)N1CCc2ccccc2[C@@H]1[C@H]1c2ccccc2CCN1C(C)=O. The Balaban J connectivity index is 1.91. The maximum absolute atomic E-state index is 12.5. The van der Waals surface area contributed by atoms with Crippen LogP contribution in [0.15, 0.2) is 48.5 Å². The average molecular weight is 348 g/mol. The molecular formula is C22H24N2O2. The Morgan fingerprint density at radius 2 is 1.12 bits per heavy atom. The Morgan fingerprint density at radius 3 is 1.50 bits per heavy atom. The van der Waals surface area contributed by atoms with Crippen LogP contribution in [-0.2, 0) is 22.4 Å². The molecule has 134 valence electrons. The zero-order valence-corrected chi connectivity index (χ0v) is 15.3. The zero-order valence-electron chi connectivity index (χ0n) is 15.3. The first-order valence-electron chi connectivity index (χ1n) is 9.28. The first-order valence-corrected chi connectivity index (χ1v) is 9.28. The highest BCUT2D eigenvalue weighted by Gasteiger charge is 2.42. The molecule has 0 unspecified atom stereocenters. The lowest BCUT2D eigenvalue weighted by molar-refractivity contribution is -0.140. The highest BCUT2D eigenvalue weighted by atomic mass is 16.2. The van der Waals surface area contributed by atoms with Gasteiger partial charge in [-0.3, -0.25) is 9.59 Å². The molecule has 2 amide bonds. The van der Waals surface area contributed by atoms with Crippen molar-refractivity contribution in [2.75, 3.05) is 13.1 Å². The molecule has 2 atom stereocenters. The molecule has 2 aliphatic rings. The molecule has 4 heteroatoms. The molecule has 2 aromatic rings. The van der Waals surface area contributed by atoms with E-state index in [-0.39, 0.29) is 23.9 Å². The fourth-order valence-corrected chi connectivity index (χ4v) is 4.58. The van der Waals surface area contributed by atoms with Gasteiger partial charge in [-0.2, -0.15) is 0 Å². The summed E-state index contributed by atoms with van der Waals surface area (Å²) in [6, 6.07) is 16.4. The molecule has 2 heterocycles. The van der Waals surface area contributed by atoms with Gasteiger partial charge in [-0.1, -0.05) is 48.5 Å². The average Bonchev–Trinajstić information content (AvgIpc) is 2.66. The summed E-state index contributed by atoms with van der Waals surface area (Å²) in [5.41, 5.74) is 4.90. The van der Waals surface area contributed by atoms with Gasteiger partial charge in [0, 0.05) is 26.9 Å². The lowest BCUT2D eigenvalue weighted by Crippen LogP contribution is -2.49. The van der Waals surface area contributed by atoms with Gasteiger partial charge in [-0.25, -0.2) is 0 Å². The van der Waals surface area contributed by atoms with Crippen molar-refractivity contribution in [2.45, 2.75) is 38.8 Å². The van der Waals surface area contributed by atoms with E-state index in [0.29, 0.717) is 13.1 Å². The molecule has 26 heavy (non-hydrogen) atoms. The van der Waals surface area contributed by atoms with Gasteiger partial charge in [0.05, 0.1) is 12.1 Å². The van der Waals surface area contributed by atoms with Crippen molar-refractivity contribution in [2.24, 2.45) is 0 Å². The van der Waals surface area contributed by atoms with E-state index in [2.05, 4.69) is 36.4 Å². The number of amides is 2. The number of hydrogen-bond acceptors (Lipinski definition) is 2. The minimum Gasteiger partial charge on any atom is -0.333 e. The summed E-state index contributed by atoms with van der Waals surface area (Å²) in [6.45, 7) is 4.66. The van der Waals surface area contributed by atoms with Gasteiger partial charge >= 0.3 is 0 Å². The predicted molar refractivity (Wildman–Crippen MR) is 101 cm³/mol. The summed E-state index contributed by atoms with van der Waals surface area (Å²) in [5.74, 6) is 0.132. The maximum atomic E-state index is 12.5. The molecule has 0 aliphatic carbocycles. The van der Waals surface area contributed by atoms with Crippen LogP contribution < -0.4 is 0 Å².